The van der Waals surface area contributed by atoms with Crippen molar-refractivity contribution in [1.82, 2.24) is 20.3 Å². The number of hydrogen-bond donors (Lipinski definition) is 3. The van der Waals surface area contributed by atoms with E-state index in [1.54, 1.807) is 6.92 Å². The van der Waals surface area contributed by atoms with Gasteiger partial charge in [0.25, 0.3) is 11.8 Å². The van der Waals surface area contributed by atoms with Gasteiger partial charge in [-0.15, -0.1) is 0 Å². The molecule has 3 N–H and O–H groups in total. The lowest BCUT2D eigenvalue weighted by atomic mass is 10.1. The monoisotopic (exact) mass is 581 g/mol. The topological polar surface area (TPSA) is 109 Å². The van der Waals surface area contributed by atoms with Gasteiger partial charge >= 0.3 is 12.4 Å². The molecular formula is C27H25F6N5O3. The highest BCUT2D eigenvalue weighted by Gasteiger charge is 2.35. The maximum absolute atomic E-state index is 13.4. The molecule has 0 saturated carbocycles. The van der Waals surface area contributed by atoms with E-state index in [1.165, 1.54) is 18.2 Å². The zero-order valence-electron chi connectivity index (χ0n) is 20.7. The quantitative estimate of drug-likeness (QED) is 0.210. The fraction of sp³-hybridized carbons (Fsp3) is 0.259. The largest absolute Gasteiger partial charge is 0.418 e. The van der Waals surface area contributed by atoms with Gasteiger partial charge in [0.15, 0.2) is 0 Å². The predicted molar refractivity (Wildman–Crippen MR) is 138 cm³/mol. The number of anilines is 1. The van der Waals surface area contributed by atoms with Gasteiger partial charge in [0.1, 0.15) is 17.9 Å². The fourth-order valence-electron chi connectivity index (χ4n) is 3.90. The number of benzene rings is 2. The molecule has 14 heteroatoms. The molecule has 0 bridgehead atoms. The molecule has 0 spiro atoms. The minimum atomic E-state index is -4.79. The van der Waals surface area contributed by atoms with Gasteiger partial charge in [0.05, 0.1) is 40.0 Å². The van der Waals surface area contributed by atoms with Gasteiger partial charge in [-0.1, -0.05) is 19.6 Å². The molecule has 0 atom stereocenters. The summed E-state index contributed by atoms with van der Waals surface area (Å²) in [5.74, 6) is -1.64. The van der Waals surface area contributed by atoms with Crippen molar-refractivity contribution >= 4 is 28.5 Å². The Morgan fingerprint density at radius 2 is 1.61 bits per heavy atom. The molecule has 0 fully saturated rings. The van der Waals surface area contributed by atoms with E-state index >= 15 is 0 Å². The van der Waals surface area contributed by atoms with Crippen LogP contribution in [0.2, 0.25) is 0 Å². The summed E-state index contributed by atoms with van der Waals surface area (Å²) in [7, 11) is 0. The predicted octanol–water partition coefficient (Wildman–Crippen LogP) is 6.35. The standard InChI is InChI=1S/C26H21F6N5O3.CH4/c1-2-40-13-21-36-19-11-14(35-24(39)15-6-3-4-7-17(15)25(27,28)29)10-16(22(19)37-21)23(38)34-12-20-18(26(30,31)32)8-5-9-33-20;/h3-11H,2,12-13H2,1H3,(H,34,38)(H,35,39)(H,36,37);1H4. The maximum Gasteiger partial charge on any atom is 0.418 e. The number of rotatable bonds is 8. The highest BCUT2D eigenvalue weighted by molar-refractivity contribution is 6.10. The van der Waals surface area contributed by atoms with E-state index in [1.807, 2.05) is 0 Å². The van der Waals surface area contributed by atoms with E-state index in [2.05, 4.69) is 25.6 Å². The van der Waals surface area contributed by atoms with Crippen molar-refractivity contribution in [2.75, 3.05) is 11.9 Å². The number of aromatic amines is 1. The second-order valence-electron chi connectivity index (χ2n) is 8.42. The number of carbonyl (C=O) groups excluding carboxylic acids is 2. The van der Waals surface area contributed by atoms with Gasteiger partial charge in [-0.2, -0.15) is 26.3 Å². The SMILES string of the molecule is C.CCOCc1nc2c(C(=O)NCc3ncccc3C(F)(F)F)cc(NC(=O)c3ccccc3C(F)(F)F)cc2[nH]1. The Balaban J connectivity index is 0.00000462. The maximum atomic E-state index is 13.4. The van der Waals surface area contributed by atoms with Crippen LogP contribution in [0.5, 0.6) is 0 Å². The summed E-state index contributed by atoms with van der Waals surface area (Å²) in [4.78, 5) is 36.9. The molecule has 218 valence electrons. The molecule has 0 aliphatic carbocycles. The van der Waals surface area contributed by atoms with Crippen LogP contribution in [0, 0.1) is 0 Å². The number of ether oxygens (including phenoxy) is 1. The van der Waals surface area contributed by atoms with Crippen LogP contribution in [0.3, 0.4) is 0 Å². The Bertz CT molecular complexity index is 1550. The van der Waals surface area contributed by atoms with E-state index in [-0.39, 0.29) is 36.3 Å². The second kappa shape index (κ2) is 12.4. The van der Waals surface area contributed by atoms with E-state index in [0.29, 0.717) is 12.4 Å². The molecule has 0 aliphatic heterocycles. The Hall–Kier alpha value is -4.46. The molecule has 8 nitrogen and oxygen atoms in total. The number of H-pyrrole nitrogens is 1. The van der Waals surface area contributed by atoms with Crippen LogP contribution in [-0.4, -0.2) is 33.4 Å². The van der Waals surface area contributed by atoms with Crippen LogP contribution >= 0.6 is 0 Å². The molecule has 0 radical (unpaired) electrons. The van der Waals surface area contributed by atoms with Gasteiger partial charge < -0.3 is 20.4 Å². The first kappa shape index (κ1) is 31.1. The van der Waals surface area contributed by atoms with Crippen molar-refractivity contribution in [1.29, 1.82) is 0 Å². The van der Waals surface area contributed by atoms with E-state index in [0.717, 1.165) is 36.5 Å². The molecule has 0 aliphatic rings. The molecule has 41 heavy (non-hydrogen) atoms. The van der Waals surface area contributed by atoms with Crippen LogP contribution in [0.4, 0.5) is 32.0 Å². The average molecular weight is 582 g/mol. The van der Waals surface area contributed by atoms with Crippen LogP contribution in [0.25, 0.3) is 11.0 Å². The van der Waals surface area contributed by atoms with Crippen LogP contribution in [0.1, 0.15) is 57.7 Å². The molecule has 0 unspecified atom stereocenters. The van der Waals surface area contributed by atoms with Crippen molar-refractivity contribution in [3.8, 4) is 0 Å². The van der Waals surface area contributed by atoms with Gasteiger partial charge in [-0.25, -0.2) is 4.98 Å². The summed E-state index contributed by atoms with van der Waals surface area (Å²) < 4.78 is 85.6. The molecular weight excluding hydrogens is 556 g/mol. The Labute approximate surface area is 230 Å². The lowest BCUT2D eigenvalue weighted by Crippen LogP contribution is -2.26. The summed E-state index contributed by atoms with van der Waals surface area (Å²) in [5, 5.41) is 4.72. The Morgan fingerprint density at radius 1 is 0.927 bits per heavy atom. The summed E-state index contributed by atoms with van der Waals surface area (Å²) in [6, 6.07) is 8.66. The van der Waals surface area contributed by atoms with E-state index in [9.17, 15) is 35.9 Å². The second-order valence-corrected chi connectivity index (χ2v) is 8.42. The van der Waals surface area contributed by atoms with E-state index in [4.69, 9.17) is 4.74 Å². The molecule has 2 aromatic heterocycles. The zero-order valence-corrected chi connectivity index (χ0v) is 20.7. The number of halogens is 6. The van der Waals surface area contributed by atoms with E-state index < -0.39 is 53.1 Å². The summed E-state index contributed by atoms with van der Waals surface area (Å²) >= 11 is 0. The summed E-state index contributed by atoms with van der Waals surface area (Å²) in [6.45, 7) is 1.56. The zero-order chi connectivity index (χ0) is 29.1. The normalized spacial score (nSPS) is 11.7. The molecule has 4 rings (SSSR count). The van der Waals surface area contributed by atoms with Crippen LogP contribution < -0.4 is 10.6 Å². The van der Waals surface area contributed by atoms with Crippen LogP contribution in [0.15, 0.2) is 54.7 Å². The molecule has 2 aromatic carbocycles. The molecule has 2 heterocycles. The minimum Gasteiger partial charge on any atom is -0.374 e. The van der Waals surface area contributed by atoms with Gasteiger partial charge in [-0.05, 0) is 43.3 Å². The van der Waals surface area contributed by atoms with Gasteiger partial charge in [-0.3, -0.25) is 14.6 Å². The first-order chi connectivity index (χ1) is 18.9. The molecule has 2 amide bonds. The summed E-state index contributed by atoms with van der Waals surface area (Å²) in [5.41, 5.74) is -3.11. The number of imidazole rings is 1. The Morgan fingerprint density at radius 3 is 2.29 bits per heavy atom. The Kier molecular flexibility index (Phi) is 9.38. The van der Waals surface area contributed by atoms with Gasteiger partial charge in [0.2, 0.25) is 0 Å². The van der Waals surface area contributed by atoms with Crippen molar-refractivity contribution in [3.05, 3.63) is 88.5 Å². The number of nitrogens with zero attached hydrogens (tertiary/aromatic N) is 2. The number of pyridine rings is 1. The minimum absolute atomic E-state index is 0. The average Bonchev–Trinajstić information content (AvgIpc) is 3.32. The first-order valence-corrected chi connectivity index (χ1v) is 11.8. The van der Waals surface area contributed by atoms with Crippen molar-refractivity contribution in [3.63, 3.8) is 0 Å². The number of aromatic nitrogens is 3. The molecule has 4 aromatic rings. The lowest BCUT2D eigenvalue weighted by Gasteiger charge is -2.14. The third-order valence-corrected chi connectivity index (χ3v) is 5.67. The third kappa shape index (κ3) is 7.20. The van der Waals surface area contributed by atoms with Crippen molar-refractivity contribution in [2.45, 2.75) is 39.9 Å². The first-order valence-electron chi connectivity index (χ1n) is 11.8. The highest BCUT2D eigenvalue weighted by Crippen LogP contribution is 2.33. The van der Waals surface area contributed by atoms with Crippen molar-refractivity contribution in [2.24, 2.45) is 0 Å². The lowest BCUT2D eigenvalue weighted by molar-refractivity contribution is -0.139. The van der Waals surface area contributed by atoms with Crippen molar-refractivity contribution < 1.29 is 40.7 Å². The number of carbonyl (C=O) groups is 2. The van der Waals surface area contributed by atoms with Crippen LogP contribution in [-0.2, 0) is 30.2 Å². The highest BCUT2D eigenvalue weighted by atomic mass is 19.4. The smallest absolute Gasteiger partial charge is 0.374 e. The fourth-order valence-corrected chi connectivity index (χ4v) is 3.90. The van der Waals surface area contributed by atoms with Gasteiger partial charge in [0, 0.05) is 18.5 Å². The number of nitrogens with one attached hydrogen (secondary N) is 3. The third-order valence-electron chi connectivity index (χ3n) is 5.67. The molecule has 0 saturated heterocycles. The number of hydrogen-bond acceptors (Lipinski definition) is 5. The number of alkyl halides is 6. The summed E-state index contributed by atoms with van der Waals surface area (Å²) in [6.07, 6.45) is -8.34. The number of amides is 2. The number of fused-ring (bicyclic) bond motifs is 1.